The minimum Gasteiger partial charge on any atom is -0.368 e. The third kappa shape index (κ3) is 3.77. The lowest BCUT2D eigenvalue weighted by Gasteiger charge is -2.37. The van der Waals surface area contributed by atoms with Gasteiger partial charge in [0.05, 0.1) is 0 Å². The maximum atomic E-state index is 12.7. The van der Waals surface area contributed by atoms with Gasteiger partial charge in [0, 0.05) is 38.3 Å². The van der Waals surface area contributed by atoms with Gasteiger partial charge in [-0.05, 0) is 30.9 Å². The van der Waals surface area contributed by atoms with Crippen LogP contribution in [0.15, 0.2) is 24.3 Å². The van der Waals surface area contributed by atoms with E-state index < -0.39 is 11.6 Å². The molecule has 0 aliphatic carbocycles. The molecule has 0 radical (unpaired) electrons. The second-order valence-corrected chi connectivity index (χ2v) is 7.69. The maximum absolute atomic E-state index is 12.7. The first-order valence-electron chi connectivity index (χ1n) is 9.55. The van der Waals surface area contributed by atoms with Crippen molar-refractivity contribution in [2.45, 2.75) is 39.2 Å². The van der Waals surface area contributed by atoms with Crippen LogP contribution in [0.1, 0.15) is 32.3 Å². The number of benzene rings is 1. The first kappa shape index (κ1) is 19.2. The summed E-state index contributed by atoms with van der Waals surface area (Å²) in [7, 11) is 0. The van der Waals surface area contributed by atoms with Crippen LogP contribution in [0.5, 0.6) is 0 Å². The largest absolute Gasteiger partial charge is 0.368 e. The van der Waals surface area contributed by atoms with Crippen molar-refractivity contribution in [1.29, 1.82) is 0 Å². The molecule has 0 bridgehead atoms. The number of anilines is 1. The molecule has 1 aromatic carbocycles. The van der Waals surface area contributed by atoms with E-state index in [-0.39, 0.29) is 24.2 Å². The van der Waals surface area contributed by atoms with E-state index in [2.05, 4.69) is 34.6 Å². The molecule has 1 aromatic rings. The van der Waals surface area contributed by atoms with E-state index in [0.29, 0.717) is 19.5 Å². The number of piperazine rings is 1. The lowest BCUT2D eigenvalue weighted by atomic mass is 9.82. The molecule has 2 saturated heterocycles. The fourth-order valence-corrected chi connectivity index (χ4v) is 3.95. The molecule has 1 atom stereocenters. The Kier molecular flexibility index (Phi) is 5.39. The van der Waals surface area contributed by atoms with Crippen LogP contribution in [0.25, 0.3) is 0 Å². The van der Waals surface area contributed by atoms with E-state index >= 15 is 0 Å². The summed E-state index contributed by atoms with van der Waals surface area (Å²) < 4.78 is 0. The minimum absolute atomic E-state index is 0.0356. The molecule has 146 valence electrons. The highest BCUT2D eigenvalue weighted by molar-refractivity contribution is 6.07. The van der Waals surface area contributed by atoms with Crippen LogP contribution in [0.2, 0.25) is 0 Å². The van der Waals surface area contributed by atoms with Crippen LogP contribution < -0.4 is 15.5 Å². The fourth-order valence-electron chi connectivity index (χ4n) is 3.95. The predicted octanol–water partition coefficient (Wildman–Crippen LogP) is 1.66. The van der Waals surface area contributed by atoms with Crippen LogP contribution >= 0.6 is 0 Å². The summed E-state index contributed by atoms with van der Waals surface area (Å²) in [5.74, 6) is -0.386. The normalized spacial score (nSPS) is 22.8. The number of amides is 4. The quantitative estimate of drug-likeness (QED) is 0.770. The van der Waals surface area contributed by atoms with Crippen molar-refractivity contribution < 1.29 is 14.4 Å². The van der Waals surface area contributed by atoms with Gasteiger partial charge >= 0.3 is 6.03 Å². The number of nitrogens with one attached hydrogen (secondary N) is 2. The molecular weight excluding hydrogens is 344 g/mol. The average Bonchev–Trinajstić information content (AvgIpc) is 2.95. The Morgan fingerprint density at radius 3 is 2.37 bits per heavy atom. The summed E-state index contributed by atoms with van der Waals surface area (Å²) in [4.78, 5) is 40.7. The Labute approximate surface area is 160 Å². The van der Waals surface area contributed by atoms with Gasteiger partial charge in [-0.3, -0.25) is 14.9 Å². The number of carbonyl (C=O) groups is 3. The Balaban J connectivity index is 1.56. The van der Waals surface area contributed by atoms with Gasteiger partial charge in [0.15, 0.2) is 0 Å². The molecule has 7 heteroatoms. The molecule has 2 fully saturated rings. The summed E-state index contributed by atoms with van der Waals surface area (Å²) in [5, 5.41) is 5.03. The monoisotopic (exact) mass is 372 g/mol. The summed E-state index contributed by atoms with van der Waals surface area (Å²) in [6.07, 6.45) is 0.565. The van der Waals surface area contributed by atoms with Crippen LogP contribution in [0.4, 0.5) is 10.5 Å². The van der Waals surface area contributed by atoms with Gasteiger partial charge < -0.3 is 15.1 Å². The number of nitrogens with zero attached hydrogens (tertiary/aromatic N) is 2. The molecular formula is C20H28N4O3. The molecule has 3 rings (SSSR count). The van der Waals surface area contributed by atoms with Crippen LogP contribution in [0.3, 0.4) is 0 Å². The van der Waals surface area contributed by atoms with E-state index in [0.717, 1.165) is 13.1 Å². The topological polar surface area (TPSA) is 81.8 Å². The zero-order valence-corrected chi connectivity index (χ0v) is 16.2. The van der Waals surface area contributed by atoms with E-state index in [9.17, 15) is 14.4 Å². The van der Waals surface area contributed by atoms with Crippen molar-refractivity contribution in [2.24, 2.45) is 5.92 Å². The van der Waals surface area contributed by atoms with Crippen molar-refractivity contribution in [3.8, 4) is 0 Å². The van der Waals surface area contributed by atoms with Crippen LogP contribution in [-0.4, -0.2) is 54.5 Å². The Bertz CT molecular complexity index is 740. The highest BCUT2D eigenvalue weighted by Crippen LogP contribution is 2.27. The Morgan fingerprint density at radius 1 is 1.15 bits per heavy atom. The molecule has 2 N–H and O–H groups in total. The van der Waals surface area contributed by atoms with E-state index in [1.807, 2.05) is 30.9 Å². The summed E-state index contributed by atoms with van der Waals surface area (Å²) in [6.45, 7) is 8.79. The fraction of sp³-hybridized carbons (Fsp3) is 0.550. The number of aryl methyl sites for hydroxylation is 1. The van der Waals surface area contributed by atoms with Crippen molar-refractivity contribution in [3.63, 3.8) is 0 Å². The summed E-state index contributed by atoms with van der Waals surface area (Å²) >= 11 is 0. The van der Waals surface area contributed by atoms with Crippen LogP contribution in [0, 0.1) is 12.8 Å². The number of carbonyl (C=O) groups excluding carboxylic acids is 3. The predicted molar refractivity (Wildman–Crippen MR) is 103 cm³/mol. The highest BCUT2D eigenvalue weighted by atomic mass is 16.2. The van der Waals surface area contributed by atoms with Crippen molar-refractivity contribution in [2.75, 3.05) is 31.1 Å². The third-order valence-electron chi connectivity index (χ3n) is 5.78. The smallest absolute Gasteiger partial charge is 0.322 e. The Hall–Kier alpha value is -2.57. The van der Waals surface area contributed by atoms with Crippen LogP contribution in [-0.2, 0) is 9.59 Å². The van der Waals surface area contributed by atoms with Gasteiger partial charge in [-0.1, -0.05) is 32.0 Å². The molecule has 1 unspecified atom stereocenters. The first-order valence-corrected chi connectivity index (χ1v) is 9.55. The molecule has 4 amide bonds. The van der Waals surface area contributed by atoms with E-state index in [1.54, 1.807) is 0 Å². The van der Waals surface area contributed by atoms with Crippen molar-refractivity contribution in [1.82, 2.24) is 15.5 Å². The average molecular weight is 372 g/mol. The molecule has 2 aliphatic heterocycles. The summed E-state index contributed by atoms with van der Waals surface area (Å²) in [6, 6.07) is 7.79. The molecule has 7 nitrogen and oxygen atoms in total. The van der Waals surface area contributed by atoms with Gasteiger partial charge in [0.25, 0.3) is 5.91 Å². The second kappa shape index (κ2) is 7.58. The standard InChI is InChI=1S/C20H28N4O3/c1-14(2)20(18(26)21-19(27)22-20)9-8-17(25)24-12-10-23(11-13-24)16-7-5-4-6-15(16)3/h4-7,14H,8-13H2,1-3H3,(H2,21,22,26,27). The van der Waals surface area contributed by atoms with Gasteiger partial charge in [0.1, 0.15) is 5.54 Å². The summed E-state index contributed by atoms with van der Waals surface area (Å²) in [5.41, 5.74) is 1.46. The van der Waals surface area contributed by atoms with Gasteiger partial charge in [0.2, 0.25) is 5.91 Å². The second-order valence-electron chi connectivity index (χ2n) is 7.69. The third-order valence-corrected chi connectivity index (χ3v) is 5.78. The Morgan fingerprint density at radius 2 is 1.81 bits per heavy atom. The minimum atomic E-state index is -0.990. The number of hydrogen-bond donors (Lipinski definition) is 2. The molecule has 0 spiro atoms. The first-order chi connectivity index (χ1) is 12.8. The number of hydrogen-bond acceptors (Lipinski definition) is 4. The number of urea groups is 1. The number of rotatable bonds is 5. The van der Waals surface area contributed by atoms with E-state index in [1.165, 1.54) is 11.3 Å². The zero-order chi connectivity index (χ0) is 19.6. The van der Waals surface area contributed by atoms with Crippen molar-refractivity contribution >= 4 is 23.5 Å². The lowest BCUT2D eigenvalue weighted by molar-refractivity contribution is -0.132. The molecule has 2 aliphatic rings. The zero-order valence-electron chi connectivity index (χ0n) is 16.2. The number of para-hydroxylation sites is 1. The maximum Gasteiger partial charge on any atom is 0.322 e. The molecule has 2 heterocycles. The molecule has 0 aromatic heterocycles. The van der Waals surface area contributed by atoms with Gasteiger partial charge in [-0.25, -0.2) is 4.79 Å². The SMILES string of the molecule is Cc1ccccc1N1CCN(C(=O)CCC2(C(C)C)NC(=O)NC2=O)CC1. The lowest BCUT2D eigenvalue weighted by Crippen LogP contribution is -2.53. The molecule has 27 heavy (non-hydrogen) atoms. The van der Waals surface area contributed by atoms with E-state index in [4.69, 9.17) is 0 Å². The van der Waals surface area contributed by atoms with Gasteiger partial charge in [-0.2, -0.15) is 0 Å². The van der Waals surface area contributed by atoms with Gasteiger partial charge in [-0.15, -0.1) is 0 Å². The highest BCUT2D eigenvalue weighted by Gasteiger charge is 2.48. The number of imide groups is 1. The molecule has 0 saturated carbocycles. The van der Waals surface area contributed by atoms with Crippen molar-refractivity contribution in [3.05, 3.63) is 29.8 Å².